The molecule has 82 valence electrons. The first-order valence-electron chi connectivity index (χ1n) is 4.08. The zero-order valence-corrected chi connectivity index (χ0v) is 7.31. The quantitative estimate of drug-likeness (QED) is 0.738. The minimum absolute atomic E-state index is 0.0793. The van der Waals surface area contributed by atoms with Crippen LogP contribution in [-0.4, -0.2) is 11.2 Å². The number of aliphatic hydroxyl groups excluding tert-OH is 1. The standard InChI is InChI=1S/C9H6F4O2/c10-8(11)6-3-1-2-5(4-14)7(6)15-9(8,12)13/h1-3,14H,4H2. The van der Waals surface area contributed by atoms with E-state index in [0.29, 0.717) is 0 Å². The maximum atomic E-state index is 13.1. The molecule has 1 aromatic carbocycles. The number of halogens is 4. The van der Waals surface area contributed by atoms with E-state index >= 15 is 0 Å². The van der Waals surface area contributed by atoms with Gasteiger partial charge < -0.3 is 9.84 Å². The first kappa shape index (κ1) is 10.2. The van der Waals surface area contributed by atoms with Crippen LogP contribution in [0.25, 0.3) is 0 Å². The lowest BCUT2D eigenvalue weighted by molar-refractivity contribution is -0.296. The van der Waals surface area contributed by atoms with Crippen LogP contribution in [0.15, 0.2) is 18.2 Å². The van der Waals surface area contributed by atoms with E-state index in [9.17, 15) is 17.6 Å². The zero-order valence-electron chi connectivity index (χ0n) is 7.31. The molecule has 1 aliphatic heterocycles. The molecule has 2 nitrogen and oxygen atoms in total. The van der Waals surface area contributed by atoms with Crippen molar-refractivity contribution in [3.8, 4) is 5.75 Å². The number of hydrogen-bond acceptors (Lipinski definition) is 2. The van der Waals surface area contributed by atoms with Crippen LogP contribution in [0.1, 0.15) is 11.1 Å². The van der Waals surface area contributed by atoms with Gasteiger partial charge in [-0.3, -0.25) is 0 Å². The van der Waals surface area contributed by atoms with Crippen molar-refractivity contribution in [3.05, 3.63) is 29.3 Å². The highest BCUT2D eigenvalue weighted by Crippen LogP contribution is 2.54. The van der Waals surface area contributed by atoms with Gasteiger partial charge in [-0.15, -0.1) is 0 Å². The van der Waals surface area contributed by atoms with Crippen LogP contribution in [-0.2, 0) is 12.5 Å². The molecule has 1 aromatic rings. The molecule has 1 aliphatic rings. The van der Waals surface area contributed by atoms with Crippen molar-refractivity contribution in [1.29, 1.82) is 0 Å². The highest BCUT2D eigenvalue weighted by atomic mass is 19.3. The molecule has 0 fully saturated rings. The lowest BCUT2D eigenvalue weighted by Gasteiger charge is -2.15. The van der Waals surface area contributed by atoms with E-state index < -0.39 is 30.0 Å². The normalized spacial score (nSPS) is 20.9. The second-order valence-electron chi connectivity index (χ2n) is 3.15. The topological polar surface area (TPSA) is 29.5 Å². The van der Waals surface area contributed by atoms with E-state index in [-0.39, 0.29) is 5.56 Å². The molecule has 6 heteroatoms. The fourth-order valence-corrected chi connectivity index (χ4v) is 1.43. The van der Waals surface area contributed by atoms with Crippen molar-refractivity contribution in [3.63, 3.8) is 0 Å². The number of para-hydroxylation sites is 1. The smallest absolute Gasteiger partial charge is 0.427 e. The van der Waals surface area contributed by atoms with E-state index in [0.717, 1.165) is 6.07 Å². The molecule has 0 saturated carbocycles. The summed E-state index contributed by atoms with van der Waals surface area (Å²) in [6, 6.07) is 3.27. The fourth-order valence-electron chi connectivity index (χ4n) is 1.43. The summed E-state index contributed by atoms with van der Waals surface area (Å²) in [5.74, 6) is -4.98. The summed E-state index contributed by atoms with van der Waals surface area (Å²) in [6.07, 6.45) is -4.55. The van der Waals surface area contributed by atoms with Gasteiger partial charge >= 0.3 is 12.0 Å². The second-order valence-corrected chi connectivity index (χ2v) is 3.15. The number of ether oxygens (including phenoxy) is 1. The summed E-state index contributed by atoms with van der Waals surface area (Å²) in [5, 5.41) is 8.77. The van der Waals surface area contributed by atoms with Gasteiger partial charge in [-0.1, -0.05) is 12.1 Å². The van der Waals surface area contributed by atoms with Gasteiger partial charge in [-0.2, -0.15) is 17.6 Å². The average molecular weight is 222 g/mol. The molecule has 0 aromatic heterocycles. The van der Waals surface area contributed by atoms with E-state index in [1.165, 1.54) is 12.1 Å². The molecular formula is C9H6F4O2. The van der Waals surface area contributed by atoms with Crippen LogP contribution in [0.4, 0.5) is 17.6 Å². The Hall–Kier alpha value is -1.30. The van der Waals surface area contributed by atoms with Crippen LogP contribution >= 0.6 is 0 Å². The highest BCUT2D eigenvalue weighted by Gasteiger charge is 2.66. The summed E-state index contributed by atoms with van der Waals surface area (Å²) in [6.45, 7) is -0.630. The highest BCUT2D eigenvalue weighted by molar-refractivity contribution is 5.47. The van der Waals surface area contributed by atoms with Gasteiger partial charge in [0, 0.05) is 5.56 Å². The number of rotatable bonds is 1. The third-order valence-electron chi connectivity index (χ3n) is 2.20. The SMILES string of the molecule is OCc1cccc2c1OC(F)(F)C2(F)F. The molecule has 0 aliphatic carbocycles. The Morgan fingerprint density at radius 3 is 2.47 bits per heavy atom. The summed E-state index contributed by atoms with van der Waals surface area (Å²) in [5.41, 5.74) is -0.969. The molecular weight excluding hydrogens is 216 g/mol. The Labute approximate surface area is 82.1 Å². The average Bonchev–Trinajstić information content (AvgIpc) is 2.34. The molecule has 1 N–H and O–H groups in total. The summed E-state index contributed by atoms with van der Waals surface area (Å²) in [4.78, 5) is 0. The number of benzene rings is 1. The van der Waals surface area contributed by atoms with Crippen molar-refractivity contribution < 1.29 is 27.4 Å². The summed E-state index contributed by atoms with van der Waals surface area (Å²) >= 11 is 0. The Kier molecular flexibility index (Phi) is 1.94. The fraction of sp³-hybridized carbons (Fsp3) is 0.333. The first-order valence-corrected chi connectivity index (χ1v) is 4.08. The van der Waals surface area contributed by atoms with E-state index in [2.05, 4.69) is 4.74 Å². The largest absolute Gasteiger partial charge is 0.469 e. The van der Waals surface area contributed by atoms with E-state index in [4.69, 9.17) is 5.11 Å². The molecule has 0 amide bonds. The van der Waals surface area contributed by atoms with Gasteiger partial charge in [-0.05, 0) is 6.07 Å². The molecule has 0 saturated heterocycles. The minimum Gasteiger partial charge on any atom is -0.427 e. The molecule has 15 heavy (non-hydrogen) atoms. The Bertz CT molecular complexity index is 403. The lowest BCUT2D eigenvalue weighted by Crippen LogP contribution is -2.36. The van der Waals surface area contributed by atoms with Gasteiger partial charge in [0.25, 0.3) is 0 Å². The van der Waals surface area contributed by atoms with Crippen LogP contribution in [0.5, 0.6) is 5.75 Å². The van der Waals surface area contributed by atoms with Crippen molar-refractivity contribution in [1.82, 2.24) is 0 Å². The number of fused-ring (bicyclic) bond motifs is 1. The Morgan fingerprint density at radius 1 is 1.20 bits per heavy atom. The third-order valence-corrected chi connectivity index (χ3v) is 2.20. The zero-order chi connectivity index (χ0) is 11.3. The third kappa shape index (κ3) is 1.21. The number of aliphatic hydroxyl groups is 1. The first-order chi connectivity index (χ1) is 6.90. The van der Waals surface area contributed by atoms with E-state index in [1.807, 2.05) is 0 Å². The van der Waals surface area contributed by atoms with Gasteiger partial charge in [0.2, 0.25) is 0 Å². The van der Waals surface area contributed by atoms with Gasteiger partial charge in [0.1, 0.15) is 5.75 Å². The molecule has 0 radical (unpaired) electrons. The van der Waals surface area contributed by atoms with Gasteiger partial charge in [-0.25, -0.2) is 0 Å². The Morgan fingerprint density at radius 2 is 1.87 bits per heavy atom. The van der Waals surface area contributed by atoms with Crippen molar-refractivity contribution in [2.45, 2.75) is 18.6 Å². The molecule has 2 rings (SSSR count). The summed E-state index contributed by atoms with van der Waals surface area (Å²) < 4.78 is 55.6. The van der Waals surface area contributed by atoms with Crippen LogP contribution in [0.2, 0.25) is 0 Å². The maximum absolute atomic E-state index is 13.1. The number of hydrogen-bond donors (Lipinski definition) is 1. The Balaban J connectivity index is 2.62. The van der Waals surface area contributed by atoms with E-state index in [1.54, 1.807) is 0 Å². The van der Waals surface area contributed by atoms with Crippen molar-refractivity contribution >= 4 is 0 Å². The monoisotopic (exact) mass is 222 g/mol. The van der Waals surface area contributed by atoms with Crippen molar-refractivity contribution in [2.75, 3.05) is 0 Å². The van der Waals surface area contributed by atoms with Gasteiger partial charge in [0.05, 0.1) is 12.2 Å². The van der Waals surface area contributed by atoms with Crippen molar-refractivity contribution in [2.24, 2.45) is 0 Å². The second kappa shape index (κ2) is 2.85. The lowest BCUT2D eigenvalue weighted by atomic mass is 10.1. The van der Waals surface area contributed by atoms with Crippen LogP contribution < -0.4 is 4.74 Å². The minimum atomic E-state index is -4.55. The van der Waals surface area contributed by atoms with Gasteiger partial charge in [0.15, 0.2) is 0 Å². The summed E-state index contributed by atoms with van der Waals surface area (Å²) in [7, 11) is 0. The van der Waals surface area contributed by atoms with Crippen LogP contribution in [0, 0.1) is 0 Å². The maximum Gasteiger partial charge on any atom is 0.469 e. The molecule has 0 unspecified atom stereocenters. The molecule has 0 bridgehead atoms. The number of alkyl halides is 4. The van der Waals surface area contributed by atoms with Crippen LogP contribution in [0.3, 0.4) is 0 Å². The predicted molar refractivity (Wildman–Crippen MR) is 41.8 cm³/mol. The predicted octanol–water partition coefficient (Wildman–Crippen LogP) is 2.26. The molecule has 0 spiro atoms. The molecule has 0 atom stereocenters. The molecule has 1 heterocycles.